The largest absolute Gasteiger partial charge is 0.691 e. The van der Waals surface area contributed by atoms with Crippen molar-refractivity contribution in [1.29, 1.82) is 0 Å². The number of rotatable bonds is 38. The van der Waals surface area contributed by atoms with Crippen LogP contribution in [-0.4, -0.2) is 194 Å². The van der Waals surface area contributed by atoms with E-state index < -0.39 is 141 Å². The lowest BCUT2D eigenvalue weighted by molar-refractivity contribution is -0.777. The lowest BCUT2D eigenvalue weighted by atomic mass is 9.44. The van der Waals surface area contributed by atoms with Crippen molar-refractivity contribution in [2.75, 3.05) is 46.2 Å². The van der Waals surface area contributed by atoms with Crippen molar-refractivity contribution in [3.8, 4) is 0 Å². The van der Waals surface area contributed by atoms with E-state index in [1.807, 2.05) is 0 Å². The number of hydrogen-bond donors (Lipinski definition) is 7. The zero-order chi connectivity index (χ0) is 98.3. The van der Waals surface area contributed by atoms with E-state index in [1.165, 1.54) is 6.42 Å². The molecule has 24 rings (SSSR count). The summed E-state index contributed by atoms with van der Waals surface area (Å²) in [6.45, 7) is 3.83. The molecular formula is C83H116F8O38S6-6. The van der Waals surface area contributed by atoms with E-state index in [-0.39, 0.29) is 134 Å². The van der Waals surface area contributed by atoms with Gasteiger partial charge in [-0.15, -0.1) is 0 Å². The number of carbonyl (C=O) groups excluding carboxylic acids is 6. The van der Waals surface area contributed by atoms with Gasteiger partial charge in [-0.05, 0) is 316 Å². The van der Waals surface area contributed by atoms with Crippen molar-refractivity contribution in [2.45, 2.75) is 328 Å². The summed E-state index contributed by atoms with van der Waals surface area (Å²) in [5, 5.41) is 131. The van der Waals surface area contributed by atoms with Crippen LogP contribution in [0.5, 0.6) is 0 Å². The molecule has 24 aliphatic rings. The third kappa shape index (κ3) is 26.8. The predicted octanol–water partition coefficient (Wildman–Crippen LogP) is 7.06. The Labute approximate surface area is 797 Å². The van der Waals surface area contributed by atoms with Crippen LogP contribution < -0.4 is 31.5 Å². The molecule has 24 fully saturated rings. The third-order valence-corrected chi connectivity index (χ3v) is 34.8. The summed E-state index contributed by atoms with van der Waals surface area (Å²) in [6, 6.07) is 0. The molecule has 24 bridgehead atoms. The summed E-state index contributed by atoms with van der Waals surface area (Å²) in [6.07, 6.45) is 27.3. The standard InChI is InChI=1S/C15H23FO6S.C14H20F2O7S.C14H21FO7S.2C14H21FO6S.C12H16F2O6S/c1-13(16,23-22-21-19)12(18)20-9-15-5-10-2-11(6-15)4-14(3-10,7-15)8-17;15-14(16,24-23-22-19)11(17)20-1-2-21-13-6-9-3-10(7-13)5-12(18,4-9)8-13;1-11(15,23-22-21-19)10(16)20-8-12-2-9-3-13(17,5-12)7-14(18,4-9)6-12;2*1-12(15,22-21-20-18)11(16)19-8-13-3-9-2-10(4-13)6-14(17,5-9)7-13;13-12(14,21-20-19-17)10(15)18-9-7-1-6-2-8(9)5-11(16,3-6)4-7/h10-11,17,19H,2-9H2,1H3;9-10,18-19H,1-8H2;9,17-19H,2-8H2,1H3;2*9-10,17-18H,2-8H2,1H3;6-9,16-17H,1-5H2/p-6. The van der Waals surface area contributed by atoms with E-state index in [0.717, 1.165) is 182 Å². The molecule has 0 aromatic carbocycles. The summed E-state index contributed by atoms with van der Waals surface area (Å²) in [5.41, 5.74) is -6.25. The van der Waals surface area contributed by atoms with E-state index in [1.54, 1.807) is 0 Å². The zero-order valence-corrected chi connectivity index (χ0v) is 79.4. The zero-order valence-electron chi connectivity index (χ0n) is 74.5. The van der Waals surface area contributed by atoms with Gasteiger partial charge < -0.3 is 100 Å². The Kier molecular flexibility index (Phi) is 34.4. The average Bonchev–Trinajstić information content (AvgIpc) is 0.626. The maximum atomic E-state index is 14.1. The smallest absolute Gasteiger partial charge is 0.415 e. The first-order valence-electron chi connectivity index (χ1n) is 45.1. The van der Waals surface area contributed by atoms with Crippen LogP contribution in [0.4, 0.5) is 35.1 Å². The van der Waals surface area contributed by atoms with Crippen molar-refractivity contribution in [1.82, 2.24) is 0 Å². The van der Waals surface area contributed by atoms with Gasteiger partial charge in [-0.3, -0.25) is 30.2 Å². The van der Waals surface area contributed by atoms with Crippen LogP contribution in [0.2, 0.25) is 0 Å². The summed E-state index contributed by atoms with van der Waals surface area (Å²) in [7, 11) is 0. The Bertz CT molecular complexity index is 3930. The molecule has 16 unspecified atom stereocenters. The van der Waals surface area contributed by atoms with E-state index in [2.05, 4.69) is 61.0 Å². The van der Waals surface area contributed by atoms with Gasteiger partial charge in [-0.1, -0.05) is 0 Å². The number of ether oxygens (including phenoxy) is 7. The molecule has 7 N–H and O–H groups in total. The number of hydrogen-bond acceptors (Lipinski definition) is 44. The highest BCUT2D eigenvalue weighted by molar-refractivity contribution is 7.97. The number of aliphatic hydroxyl groups is 7. The Hall–Kier alpha value is -2.68. The molecule has 52 heteroatoms. The molecule has 0 heterocycles. The van der Waals surface area contributed by atoms with Gasteiger partial charge >= 0.3 is 46.3 Å². The minimum Gasteiger partial charge on any atom is -0.691 e. The minimum atomic E-state index is -4.04. The SMILES string of the molecule is CC(F)(SOO[O-])C(=O)OCC12CC3CC(CC(CO)(C3)C1)C2.CC(F)(SOO[O-])C(=O)OCC12CC3CC(CC(O)(C3)C1)C2.CC(F)(SOO[O-])C(=O)OCC12CC3CC(CC(O)(C3)C1)C2.CC(F)(SOO[O-])C(=O)OCC12CC3CC(O)(CC(O)(C3)C1)C2.O=C(OC1C2CC3CC1CC(O)(C3)C2)C(F)(F)SOO[O-].O=C(OCCOC12CC3CC(CC(O)(C3)C1)C2)C(F)(F)SOO[O-]. The van der Waals surface area contributed by atoms with E-state index >= 15 is 0 Å². The van der Waals surface area contributed by atoms with Crippen LogP contribution in [-0.2, 0) is 118 Å². The molecule has 0 aliphatic heterocycles. The fourth-order valence-corrected chi connectivity index (χ4v) is 31.6. The molecule has 24 aliphatic carbocycles. The number of esters is 6. The molecule has 38 nitrogen and oxygen atoms in total. The van der Waals surface area contributed by atoms with Crippen molar-refractivity contribution in [3.63, 3.8) is 0 Å². The number of halogens is 8. The Morgan fingerprint density at radius 3 is 0.919 bits per heavy atom. The molecule has 135 heavy (non-hydrogen) atoms. The predicted molar refractivity (Wildman–Crippen MR) is 432 cm³/mol. The van der Waals surface area contributed by atoms with Crippen molar-refractivity contribution in [2.24, 2.45) is 98.1 Å². The number of aliphatic hydroxyl groups excluding tert-OH is 1. The van der Waals surface area contributed by atoms with Gasteiger partial charge in [0.05, 0.1) is 120 Å². The monoisotopic (exact) mass is 2060 g/mol. The van der Waals surface area contributed by atoms with Gasteiger partial charge in [0.15, 0.2) is 0 Å². The van der Waals surface area contributed by atoms with Gasteiger partial charge in [0.2, 0.25) is 0 Å². The molecule has 16 atom stereocenters. The number of carbonyl (C=O) groups is 6. The highest BCUT2D eigenvalue weighted by Gasteiger charge is 2.67. The highest BCUT2D eigenvalue weighted by Crippen LogP contribution is 2.69. The quantitative estimate of drug-likeness (QED) is 0.00618. The van der Waals surface area contributed by atoms with Crippen LogP contribution >= 0.6 is 72.3 Å². The van der Waals surface area contributed by atoms with E-state index in [0.29, 0.717) is 117 Å². The molecule has 0 saturated heterocycles. The van der Waals surface area contributed by atoms with Crippen molar-refractivity contribution in [3.05, 3.63) is 0 Å². The highest BCUT2D eigenvalue weighted by atomic mass is 32.2. The maximum absolute atomic E-state index is 14.1. The van der Waals surface area contributed by atoms with E-state index in [9.17, 15) is 131 Å². The third-order valence-electron chi connectivity index (χ3n) is 31.3. The molecule has 0 aromatic rings. The molecule has 774 valence electrons. The molecule has 0 aromatic heterocycles. The molecule has 0 radical (unpaired) electrons. The fourth-order valence-electron chi connectivity index (χ4n) is 30.0. The lowest BCUT2D eigenvalue weighted by Crippen LogP contribution is -2.64. The molecular weight excluding hydrogens is 1950 g/mol. The van der Waals surface area contributed by atoms with Gasteiger partial charge in [0, 0.05) is 41.1 Å². The number of alkyl halides is 8. The van der Waals surface area contributed by atoms with Gasteiger partial charge in [-0.25, -0.2) is 46.3 Å². The van der Waals surface area contributed by atoms with Crippen LogP contribution in [0.25, 0.3) is 0 Å². The molecule has 0 amide bonds. The summed E-state index contributed by atoms with van der Waals surface area (Å²) < 4.78 is 168. The summed E-state index contributed by atoms with van der Waals surface area (Å²) in [4.78, 5) is 70.2. The lowest BCUT2D eigenvalue weighted by Gasteiger charge is -2.63. The summed E-state index contributed by atoms with van der Waals surface area (Å²) >= 11 is -1.53. The summed E-state index contributed by atoms with van der Waals surface area (Å²) in [5.74, 6) is -3.78. The van der Waals surface area contributed by atoms with Crippen molar-refractivity contribution >= 4 is 108 Å². The average molecular weight is 2070 g/mol. The van der Waals surface area contributed by atoms with Crippen LogP contribution in [0.15, 0.2) is 0 Å². The molecule has 24 saturated carbocycles. The van der Waals surface area contributed by atoms with Crippen LogP contribution in [0.3, 0.4) is 0 Å². The first-order chi connectivity index (χ1) is 63.0. The Balaban J connectivity index is 0.000000137. The first-order valence-corrected chi connectivity index (χ1v) is 49.5. The fraction of sp³-hybridized carbons (Fsp3) is 0.928. The minimum absolute atomic E-state index is 0.00839. The second-order valence-electron chi connectivity index (χ2n) is 43.7. The van der Waals surface area contributed by atoms with Crippen LogP contribution in [0.1, 0.15) is 252 Å². The first kappa shape index (κ1) is 110. The van der Waals surface area contributed by atoms with Gasteiger partial charge in [0.1, 0.15) is 36.8 Å². The van der Waals surface area contributed by atoms with Crippen LogP contribution in [0, 0.1) is 98.1 Å². The maximum Gasteiger partial charge on any atom is 0.415 e. The topological polar surface area (TPSA) is 558 Å². The normalized spacial score (nSPS) is 41.4. The van der Waals surface area contributed by atoms with Crippen molar-refractivity contribution < 1.29 is 221 Å². The van der Waals surface area contributed by atoms with Gasteiger partial charge in [0.25, 0.3) is 20.0 Å². The Morgan fingerprint density at radius 2 is 0.585 bits per heavy atom. The molecule has 0 spiro atoms. The Morgan fingerprint density at radius 1 is 0.296 bits per heavy atom. The van der Waals surface area contributed by atoms with E-state index in [4.69, 9.17) is 28.4 Å². The second kappa shape index (κ2) is 42.4. The second-order valence-corrected chi connectivity index (χ2v) is 49.6. The van der Waals surface area contributed by atoms with Gasteiger partial charge in [-0.2, -0.15) is 43.6 Å².